The van der Waals surface area contributed by atoms with Crippen LogP contribution >= 0.6 is 11.6 Å². The SMILES string of the molecule is CC.Clc1ncc2cc[nH]c2n1. The Morgan fingerprint density at radius 3 is 2.92 bits per heavy atom. The van der Waals surface area contributed by atoms with Gasteiger partial charge in [0.15, 0.2) is 0 Å². The summed E-state index contributed by atoms with van der Waals surface area (Å²) in [4.78, 5) is 10.7. The van der Waals surface area contributed by atoms with Gasteiger partial charge in [-0.2, -0.15) is 4.98 Å². The highest BCUT2D eigenvalue weighted by Gasteiger charge is 1.95. The summed E-state index contributed by atoms with van der Waals surface area (Å²) >= 11 is 5.53. The molecule has 2 aromatic rings. The van der Waals surface area contributed by atoms with E-state index in [1.54, 1.807) is 12.4 Å². The van der Waals surface area contributed by atoms with E-state index < -0.39 is 0 Å². The molecule has 0 spiro atoms. The highest BCUT2D eigenvalue weighted by Crippen LogP contribution is 2.09. The summed E-state index contributed by atoms with van der Waals surface area (Å²) in [6.45, 7) is 4.00. The third-order valence-electron chi connectivity index (χ3n) is 1.27. The summed E-state index contributed by atoms with van der Waals surface area (Å²) in [5.41, 5.74) is 0.778. The summed E-state index contributed by atoms with van der Waals surface area (Å²) < 4.78 is 0. The Morgan fingerprint density at radius 2 is 2.17 bits per heavy atom. The number of nitrogens with zero attached hydrogens (tertiary/aromatic N) is 2. The zero-order valence-electron chi connectivity index (χ0n) is 7.00. The molecule has 0 bridgehead atoms. The third-order valence-corrected chi connectivity index (χ3v) is 1.45. The van der Waals surface area contributed by atoms with Crippen molar-refractivity contribution in [3.05, 3.63) is 23.7 Å². The lowest BCUT2D eigenvalue weighted by Gasteiger charge is -1.86. The second kappa shape index (κ2) is 4.07. The van der Waals surface area contributed by atoms with E-state index >= 15 is 0 Å². The number of aromatic nitrogens is 3. The quantitative estimate of drug-likeness (QED) is 0.638. The zero-order chi connectivity index (χ0) is 8.97. The fourth-order valence-electron chi connectivity index (χ4n) is 0.818. The van der Waals surface area contributed by atoms with Gasteiger partial charge in [-0.25, -0.2) is 4.98 Å². The van der Waals surface area contributed by atoms with Crippen molar-refractivity contribution < 1.29 is 0 Å². The van der Waals surface area contributed by atoms with Crippen LogP contribution in [0.3, 0.4) is 0 Å². The van der Waals surface area contributed by atoms with Gasteiger partial charge in [0.2, 0.25) is 5.28 Å². The normalized spacial score (nSPS) is 9.25. The largest absolute Gasteiger partial charge is 0.346 e. The number of nitrogens with one attached hydrogen (secondary N) is 1. The molecule has 2 aromatic heterocycles. The lowest BCUT2D eigenvalue weighted by molar-refractivity contribution is 1.20. The van der Waals surface area contributed by atoms with Crippen molar-refractivity contribution in [3.63, 3.8) is 0 Å². The number of H-pyrrole nitrogens is 1. The highest BCUT2D eigenvalue weighted by atomic mass is 35.5. The fourth-order valence-corrected chi connectivity index (χ4v) is 0.951. The Hall–Kier alpha value is -1.09. The molecule has 3 nitrogen and oxygen atoms in total. The molecule has 4 heteroatoms. The Bertz CT molecular complexity index is 356. The van der Waals surface area contributed by atoms with Crippen LogP contribution < -0.4 is 0 Å². The van der Waals surface area contributed by atoms with E-state index in [1.165, 1.54) is 0 Å². The Labute approximate surface area is 75.8 Å². The van der Waals surface area contributed by atoms with Crippen molar-refractivity contribution in [3.8, 4) is 0 Å². The van der Waals surface area contributed by atoms with Gasteiger partial charge in [0, 0.05) is 17.8 Å². The molecule has 0 unspecified atom stereocenters. The van der Waals surface area contributed by atoms with Gasteiger partial charge in [0.1, 0.15) is 5.65 Å². The maximum absolute atomic E-state index is 5.53. The summed E-state index contributed by atoms with van der Waals surface area (Å²) in [5.74, 6) is 0. The average Bonchev–Trinajstić information content (AvgIpc) is 2.54. The molecule has 0 atom stereocenters. The number of halogens is 1. The van der Waals surface area contributed by atoms with Gasteiger partial charge < -0.3 is 4.98 Å². The molecule has 0 amide bonds. The molecule has 0 aliphatic rings. The van der Waals surface area contributed by atoms with Crippen molar-refractivity contribution in [2.24, 2.45) is 0 Å². The van der Waals surface area contributed by atoms with Crippen LogP contribution in [0.5, 0.6) is 0 Å². The van der Waals surface area contributed by atoms with Crippen molar-refractivity contribution >= 4 is 22.6 Å². The standard InChI is InChI=1S/C6H4ClN3.C2H6/c7-6-9-3-4-1-2-8-5(4)10-6;1-2/h1-3H,(H,8,9,10);1-2H3. The maximum atomic E-state index is 5.53. The van der Waals surface area contributed by atoms with Crippen LogP contribution in [0.4, 0.5) is 0 Å². The minimum atomic E-state index is 0.273. The molecule has 1 N–H and O–H groups in total. The van der Waals surface area contributed by atoms with Crippen molar-refractivity contribution in [2.45, 2.75) is 13.8 Å². The van der Waals surface area contributed by atoms with E-state index in [0.29, 0.717) is 0 Å². The van der Waals surface area contributed by atoms with Gasteiger partial charge in [-0.1, -0.05) is 13.8 Å². The lowest BCUT2D eigenvalue weighted by Crippen LogP contribution is -1.80. The molecule has 2 heterocycles. The van der Waals surface area contributed by atoms with Gasteiger partial charge in [0.05, 0.1) is 0 Å². The number of fused-ring (bicyclic) bond motifs is 1. The number of rotatable bonds is 0. The van der Waals surface area contributed by atoms with E-state index in [4.69, 9.17) is 11.6 Å². The molecular formula is C8H10ClN3. The topological polar surface area (TPSA) is 41.6 Å². The first kappa shape index (κ1) is 9.00. The zero-order valence-corrected chi connectivity index (χ0v) is 7.76. The molecule has 64 valence electrons. The lowest BCUT2D eigenvalue weighted by atomic mass is 10.4. The van der Waals surface area contributed by atoms with Crippen molar-refractivity contribution in [2.75, 3.05) is 0 Å². The van der Waals surface area contributed by atoms with E-state index in [0.717, 1.165) is 11.0 Å². The smallest absolute Gasteiger partial charge is 0.224 e. The van der Waals surface area contributed by atoms with Crippen LogP contribution in [-0.2, 0) is 0 Å². The number of aromatic amines is 1. The van der Waals surface area contributed by atoms with Gasteiger partial charge in [-0.3, -0.25) is 0 Å². The van der Waals surface area contributed by atoms with Crippen LogP contribution in [0.15, 0.2) is 18.5 Å². The summed E-state index contributed by atoms with van der Waals surface area (Å²) in [7, 11) is 0. The van der Waals surface area contributed by atoms with E-state index in [-0.39, 0.29) is 5.28 Å². The summed E-state index contributed by atoms with van der Waals surface area (Å²) in [6, 6.07) is 1.89. The first-order chi connectivity index (χ1) is 5.86. The van der Waals surface area contributed by atoms with E-state index in [2.05, 4.69) is 15.0 Å². The fraction of sp³-hybridized carbons (Fsp3) is 0.250. The predicted molar refractivity (Wildman–Crippen MR) is 50.2 cm³/mol. The first-order valence-electron chi connectivity index (χ1n) is 3.82. The van der Waals surface area contributed by atoms with Crippen LogP contribution in [0.1, 0.15) is 13.8 Å². The number of hydrogen-bond acceptors (Lipinski definition) is 2. The number of hydrogen-bond donors (Lipinski definition) is 1. The Balaban J connectivity index is 0.000000336. The molecular weight excluding hydrogens is 174 g/mol. The van der Waals surface area contributed by atoms with Gasteiger partial charge >= 0.3 is 0 Å². The van der Waals surface area contributed by atoms with Gasteiger partial charge in [-0.05, 0) is 17.7 Å². The summed E-state index contributed by atoms with van der Waals surface area (Å²) in [6.07, 6.45) is 3.48. The molecule has 0 saturated heterocycles. The molecule has 0 fully saturated rings. The van der Waals surface area contributed by atoms with Crippen LogP contribution in [0, 0.1) is 0 Å². The molecule has 0 radical (unpaired) electrons. The molecule has 0 aliphatic heterocycles. The van der Waals surface area contributed by atoms with E-state index in [1.807, 2.05) is 19.9 Å². The minimum Gasteiger partial charge on any atom is -0.346 e. The molecule has 2 rings (SSSR count). The average molecular weight is 184 g/mol. The predicted octanol–water partition coefficient (Wildman–Crippen LogP) is 2.64. The third kappa shape index (κ3) is 1.74. The second-order valence-electron chi connectivity index (χ2n) is 1.92. The molecule has 12 heavy (non-hydrogen) atoms. The highest BCUT2D eigenvalue weighted by molar-refractivity contribution is 6.28. The first-order valence-corrected chi connectivity index (χ1v) is 4.20. The van der Waals surface area contributed by atoms with Gasteiger partial charge in [0.25, 0.3) is 0 Å². The van der Waals surface area contributed by atoms with Crippen LogP contribution in [0.2, 0.25) is 5.28 Å². The molecule has 0 aromatic carbocycles. The molecule has 0 aliphatic carbocycles. The van der Waals surface area contributed by atoms with Crippen molar-refractivity contribution in [1.82, 2.24) is 15.0 Å². The Morgan fingerprint density at radius 1 is 1.42 bits per heavy atom. The van der Waals surface area contributed by atoms with Gasteiger partial charge in [-0.15, -0.1) is 0 Å². The second-order valence-corrected chi connectivity index (χ2v) is 2.26. The maximum Gasteiger partial charge on any atom is 0.224 e. The van der Waals surface area contributed by atoms with E-state index in [9.17, 15) is 0 Å². The minimum absolute atomic E-state index is 0.273. The monoisotopic (exact) mass is 183 g/mol. The van der Waals surface area contributed by atoms with Crippen LogP contribution in [-0.4, -0.2) is 15.0 Å². The van der Waals surface area contributed by atoms with Crippen LogP contribution in [0.25, 0.3) is 11.0 Å². The molecule has 0 saturated carbocycles. The Kier molecular flexibility index (Phi) is 3.05. The summed E-state index contributed by atoms with van der Waals surface area (Å²) in [5, 5.41) is 1.25. The van der Waals surface area contributed by atoms with Crippen molar-refractivity contribution in [1.29, 1.82) is 0 Å².